The van der Waals surface area contributed by atoms with Crippen molar-refractivity contribution in [3.05, 3.63) is 59.2 Å². The topological polar surface area (TPSA) is 92.5 Å². The Morgan fingerprint density at radius 2 is 2.00 bits per heavy atom. The molecule has 2 unspecified atom stereocenters. The summed E-state index contributed by atoms with van der Waals surface area (Å²) in [6.45, 7) is 2.80. The predicted molar refractivity (Wildman–Crippen MR) is 128 cm³/mol. The monoisotopic (exact) mass is 485 g/mol. The van der Waals surface area contributed by atoms with Gasteiger partial charge >= 0.3 is 5.97 Å². The van der Waals surface area contributed by atoms with E-state index in [4.69, 9.17) is 5.11 Å². The van der Waals surface area contributed by atoms with Gasteiger partial charge in [-0.15, -0.1) is 0 Å². The third-order valence-electron chi connectivity index (χ3n) is 6.15. The van der Waals surface area contributed by atoms with Crippen LogP contribution in [0.25, 0.3) is 6.08 Å². The molecule has 2 heterocycles. The van der Waals surface area contributed by atoms with Crippen molar-refractivity contribution in [2.75, 3.05) is 13.1 Å². The first-order chi connectivity index (χ1) is 16.3. The number of aliphatic carboxylic acids is 1. The summed E-state index contributed by atoms with van der Waals surface area (Å²) < 4.78 is 16.3. The number of aromatic nitrogens is 2. The number of hydrogen-bond acceptors (Lipinski definition) is 6. The lowest BCUT2D eigenvalue weighted by atomic mass is 9.93. The molecule has 2 atom stereocenters. The van der Waals surface area contributed by atoms with E-state index in [-0.39, 0.29) is 40.8 Å². The maximum atomic E-state index is 14.8. The molecule has 4 rings (SSSR count). The van der Waals surface area contributed by atoms with Gasteiger partial charge in [-0.3, -0.25) is 24.0 Å². The van der Waals surface area contributed by atoms with Crippen molar-refractivity contribution in [2.24, 2.45) is 5.92 Å². The molecule has 9 heteroatoms. The highest BCUT2D eigenvalue weighted by molar-refractivity contribution is 8.14. The molecule has 1 aliphatic heterocycles. The maximum Gasteiger partial charge on any atom is 0.305 e. The minimum Gasteiger partial charge on any atom is -0.481 e. The lowest BCUT2D eigenvalue weighted by molar-refractivity contribution is -0.137. The quantitative estimate of drug-likeness (QED) is 0.575. The van der Waals surface area contributed by atoms with Crippen LogP contribution >= 0.6 is 11.8 Å². The van der Waals surface area contributed by atoms with E-state index < -0.39 is 12.0 Å². The van der Waals surface area contributed by atoms with Crippen LogP contribution in [0.1, 0.15) is 49.9 Å². The number of carbonyl (C=O) groups is 3. The van der Waals surface area contributed by atoms with Gasteiger partial charge in [0.15, 0.2) is 10.9 Å². The Balaban J connectivity index is 1.62. The number of aryl methyl sites for hydroxylation is 1. The van der Waals surface area contributed by atoms with Crippen LogP contribution < -0.4 is 0 Å². The predicted octanol–water partition coefficient (Wildman–Crippen LogP) is 3.95. The smallest absolute Gasteiger partial charge is 0.305 e. The molecule has 1 aliphatic carbocycles. The second-order valence-corrected chi connectivity index (χ2v) is 10.2. The molecule has 2 aromatic rings. The molecule has 1 aromatic carbocycles. The van der Waals surface area contributed by atoms with Gasteiger partial charge < -0.3 is 5.11 Å². The van der Waals surface area contributed by atoms with Crippen molar-refractivity contribution in [3.63, 3.8) is 0 Å². The van der Waals surface area contributed by atoms with Gasteiger partial charge in [-0.05, 0) is 43.0 Å². The summed E-state index contributed by atoms with van der Waals surface area (Å²) in [5.41, 5.74) is 2.00. The number of halogens is 1. The number of nitrogens with zero attached hydrogens (tertiary/aromatic N) is 3. The normalized spacial score (nSPS) is 20.9. The molecule has 0 bridgehead atoms. The number of Topliss-reactive ketones (excluding diaryl/α,β-unsaturated/α-hetero) is 1. The molecule has 1 saturated carbocycles. The van der Waals surface area contributed by atoms with Crippen LogP contribution in [0.4, 0.5) is 4.39 Å². The highest BCUT2D eigenvalue weighted by Gasteiger charge is 2.41. The average Bonchev–Trinajstić information content (AvgIpc) is 3.55. The van der Waals surface area contributed by atoms with Crippen LogP contribution in [0.3, 0.4) is 0 Å². The van der Waals surface area contributed by atoms with Crippen molar-refractivity contribution in [1.29, 1.82) is 0 Å². The molecule has 1 aromatic heterocycles. The molecule has 2 aliphatic rings. The van der Waals surface area contributed by atoms with Gasteiger partial charge in [-0.1, -0.05) is 30.0 Å². The third-order valence-corrected chi connectivity index (χ3v) is 7.30. The lowest BCUT2D eigenvalue weighted by Crippen LogP contribution is -2.43. The van der Waals surface area contributed by atoms with Crippen LogP contribution in [-0.4, -0.2) is 55.0 Å². The molecule has 7 nitrogen and oxygen atoms in total. The molecule has 34 heavy (non-hydrogen) atoms. The minimum absolute atomic E-state index is 0.0102. The molecular formula is C25H28FN3O4S. The first-order valence-electron chi connectivity index (χ1n) is 11.5. The zero-order valence-electron chi connectivity index (χ0n) is 19.0. The number of carbonyl (C=O) groups excluding carboxylic acids is 2. The fraction of sp³-hybridized carbons (Fsp3) is 0.440. The van der Waals surface area contributed by atoms with Gasteiger partial charge in [-0.2, -0.15) is 5.10 Å². The molecule has 2 fully saturated rings. The summed E-state index contributed by atoms with van der Waals surface area (Å²) in [4.78, 5) is 38.0. The molecule has 180 valence electrons. The molecule has 1 saturated heterocycles. The number of piperidine rings is 1. The molecule has 0 spiro atoms. The zero-order chi connectivity index (χ0) is 24.2. The molecule has 0 radical (unpaired) electrons. The Bertz CT molecular complexity index is 1110. The van der Waals surface area contributed by atoms with E-state index in [1.165, 1.54) is 24.8 Å². The van der Waals surface area contributed by atoms with Crippen molar-refractivity contribution in [3.8, 4) is 0 Å². The van der Waals surface area contributed by atoms with E-state index in [1.54, 1.807) is 35.1 Å². The average molecular weight is 486 g/mol. The zero-order valence-corrected chi connectivity index (χ0v) is 19.8. The van der Waals surface area contributed by atoms with Crippen molar-refractivity contribution >= 4 is 34.7 Å². The van der Waals surface area contributed by atoms with Crippen LogP contribution in [0.5, 0.6) is 0 Å². The van der Waals surface area contributed by atoms with Gasteiger partial charge in [0.25, 0.3) is 0 Å². The summed E-state index contributed by atoms with van der Waals surface area (Å²) in [5, 5.41) is 13.3. The summed E-state index contributed by atoms with van der Waals surface area (Å²) in [7, 11) is 0. The highest BCUT2D eigenvalue weighted by atomic mass is 32.2. The van der Waals surface area contributed by atoms with Crippen LogP contribution in [0.15, 0.2) is 42.1 Å². The van der Waals surface area contributed by atoms with Crippen LogP contribution in [-0.2, 0) is 20.9 Å². The summed E-state index contributed by atoms with van der Waals surface area (Å²) in [5.74, 6) is -1.24. The number of ketones is 1. The van der Waals surface area contributed by atoms with Gasteiger partial charge in [0.05, 0.1) is 24.7 Å². The summed E-state index contributed by atoms with van der Waals surface area (Å²) >= 11 is 1.26. The molecule has 0 amide bonds. The number of benzene rings is 1. The first-order valence-corrected chi connectivity index (χ1v) is 12.3. The Kier molecular flexibility index (Phi) is 7.63. The van der Waals surface area contributed by atoms with Crippen molar-refractivity contribution in [1.82, 2.24) is 14.7 Å². The van der Waals surface area contributed by atoms with E-state index in [2.05, 4.69) is 5.10 Å². The van der Waals surface area contributed by atoms with Gasteiger partial charge in [0.1, 0.15) is 5.82 Å². The fourth-order valence-corrected chi connectivity index (χ4v) is 5.29. The minimum atomic E-state index is -0.893. The van der Waals surface area contributed by atoms with Gasteiger partial charge in [0, 0.05) is 42.9 Å². The Morgan fingerprint density at radius 1 is 1.24 bits per heavy atom. The lowest BCUT2D eigenvalue weighted by Gasteiger charge is -2.38. The van der Waals surface area contributed by atoms with Crippen LogP contribution in [0, 0.1) is 11.7 Å². The standard InChI is InChI=1S/C25H28FN3O4S/c1-16(30)34-22-9-11-28(15-18(22)14-19-8-12-29(27-19)13-10-23(31)32)24(25(33)17-6-7-17)20-4-2-3-5-21(20)26/h2-5,8,12,14,17,22,24H,6-7,9-11,13,15H2,1H3,(H,31,32)/b18-14-. The third kappa shape index (κ3) is 6.01. The Morgan fingerprint density at radius 3 is 2.68 bits per heavy atom. The molecule has 1 N–H and O–H groups in total. The number of carboxylic acids is 1. The first kappa shape index (κ1) is 24.3. The van der Waals surface area contributed by atoms with E-state index >= 15 is 0 Å². The second-order valence-electron chi connectivity index (χ2n) is 8.82. The van der Waals surface area contributed by atoms with E-state index in [0.717, 1.165) is 18.4 Å². The number of carboxylic acid groups (broad SMARTS) is 1. The van der Waals surface area contributed by atoms with Crippen molar-refractivity contribution < 1.29 is 23.9 Å². The van der Waals surface area contributed by atoms with E-state index in [1.807, 2.05) is 11.0 Å². The van der Waals surface area contributed by atoms with Crippen molar-refractivity contribution in [2.45, 2.75) is 50.4 Å². The number of likely N-dealkylation sites (tertiary alicyclic amines) is 1. The van der Waals surface area contributed by atoms with Gasteiger partial charge in [-0.25, -0.2) is 4.39 Å². The van der Waals surface area contributed by atoms with Crippen LogP contribution in [0.2, 0.25) is 0 Å². The summed E-state index contributed by atoms with van der Waals surface area (Å²) in [6, 6.07) is 7.59. The van der Waals surface area contributed by atoms with Gasteiger partial charge in [0.2, 0.25) is 0 Å². The Labute approximate surface area is 202 Å². The number of hydrogen-bond donors (Lipinski definition) is 1. The largest absolute Gasteiger partial charge is 0.481 e. The molecular weight excluding hydrogens is 457 g/mol. The van der Waals surface area contributed by atoms with E-state index in [0.29, 0.717) is 30.8 Å². The highest BCUT2D eigenvalue weighted by Crippen LogP contribution is 2.40. The SMILES string of the molecule is CC(=O)SC1CCN(C(C(=O)C2CC2)c2ccccc2F)C/C1=C/c1ccn(CCC(=O)O)n1. The second kappa shape index (κ2) is 10.7. The summed E-state index contributed by atoms with van der Waals surface area (Å²) in [6.07, 6.45) is 5.94. The number of rotatable bonds is 9. The van der Waals surface area contributed by atoms with E-state index in [9.17, 15) is 18.8 Å². The maximum absolute atomic E-state index is 14.8. The fourth-order valence-electron chi connectivity index (χ4n) is 4.37. The Hall–Kier alpha value is -2.78. The number of thioether (sulfide) groups is 1.